The summed E-state index contributed by atoms with van der Waals surface area (Å²) in [7, 11) is 0. The molecule has 1 saturated carbocycles. The minimum Gasteiger partial charge on any atom is -0.314 e. The van der Waals surface area contributed by atoms with Gasteiger partial charge in [-0.2, -0.15) is 0 Å². The van der Waals surface area contributed by atoms with E-state index in [4.69, 9.17) is 0 Å². The summed E-state index contributed by atoms with van der Waals surface area (Å²) in [5, 5.41) is 3.72. The van der Waals surface area contributed by atoms with E-state index < -0.39 is 0 Å². The first kappa shape index (κ1) is 14.6. The van der Waals surface area contributed by atoms with E-state index in [9.17, 15) is 0 Å². The van der Waals surface area contributed by atoms with Crippen LogP contribution < -0.4 is 5.32 Å². The molecule has 1 aliphatic carbocycles. The minimum absolute atomic E-state index is 0.358. The van der Waals surface area contributed by atoms with Crippen molar-refractivity contribution in [3.63, 3.8) is 0 Å². The Bertz CT molecular complexity index is 404. The molecule has 0 spiro atoms. The molecule has 0 radical (unpaired) electrons. The maximum atomic E-state index is 3.72. The van der Waals surface area contributed by atoms with Crippen LogP contribution in [0.3, 0.4) is 0 Å². The van der Waals surface area contributed by atoms with E-state index in [0.717, 1.165) is 12.6 Å². The summed E-state index contributed by atoms with van der Waals surface area (Å²) < 4.78 is 0. The van der Waals surface area contributed by atoms with Gasteiger partial charge in [0.25, 0.3) is 0 Å². The van der Waals surface area contributed by atoms with Crippen LogP contribution in [-0.2, 0) is 6.42 Å². The molecule has 1 aromatic rings. The molecular weight excluding hydrogens is 230 g/mol. The summed E-state index contributed by atoms with van der Waals surface area (Å²) in [6, 6.07) is 7.47. The number of nitrogens with one attached hydrogen (secondary N) is 1. The number of hydrogen-bond donors (Lipinski definition) is 1. The molecular formula is C18H29N. The zero-order chi connectivity index (χ0) is 14.0. The Balaban J connectivity index is 2.09. The van der Waals surface area contributed by atoms with Crippen molar-refractivity contribution in [3.05, 3.63) is 34.9 Å². The molecule has 1 unspecified atom stereocenters. The number of hydrogen-bond acceptors (Lipinski definition) is 1. The third kappa shape index (κ3) is 4.07. The van der Waals surface area contributed by atoms with Crippen LogP contribution in [0.2, 0.25) is 0 Å². The molecule has 0 heterocycles. The van der Waals surface area contributed by atoms with Crippen molar-refractivity contribution in [2.24, 2.45) is 11.3 Å². The fourth-order valence-electron chi connectivity index (χ4n) is 2.70. The highest BCUT2D eigenvalue weighted by molar-refractivity contribution is 5.34. The predicted octanol–water partition coefficient (Wildman–Crippen LogP) is 4.26. The Hall–Kier alpha value is -0.820. The van der Waals surface area contributed by atoms with Crippen molar-refractivity contribution in [3.8, 4) is 0 Å². The van der Waals surface area contributed by atoms with Crippen LogP contribution in [0.25, 0.3) is 0 Å². The normalized spacial score (nSPS) is 17.5. The van der Waals surface area contributed by atoms with Crippen molar-refractivity contribution in [2.75, 3.05) is 6.54 Å². The fourth-order valence-corrected chi connectivity index (χ4v) is 2.70. The SMILES string of the molecule is Cc1cccc(C)c1CC(CNC1CC1)C(C)(C)C. The van der Waals surface area contributed by atoms with Gasteiger partial charge in [0.2, 0.25) is 0 Å². The van der Waals surface area contributed by atoms with Crippen molar-refractivity contribution < 1.29 is 0 Å². The van der Waals surface area contributed by atoms with Crippen LogP contribution in [0.1, 0.15) is 50.3 Å². The second kappa shape index (κ2) is 5.66. The monoisotopic (exact) mass is 259 g/mol. The lowest BCUT2D eigenvalue weighted by Crippen LogP contribution is -2.34. The third-order valence-corrected chi connectivity index (χ3v) is 4.55. The Morgan fingerprint density at radius 2 is 1.74 bits per heavy atom. The van der Waals surface area contributed by atoms with Crippen molar-refractivity contribution >= 4 is 0 Å². The first-order valence-corrected chi connectivity index (χ1v) is 7.66. The standard InChI is InChI=1S/C18H29N/c1-13-7-6-8-14(2)17(13)11-15(18(3,4)5)12-19-16-9-10-16/h6-8,15-16,19H,9-12H2,1-5H3. The number of aryl methyl sites for hydroxylation is 2. The Morgan fingerprint density at radius 1 is 1.16 bits per heavy atom. The lowest BCUT2D eigenvalue weighted by molar-refractivity contribution is 0.229. The van der Waals surface area contributed by atoms with Gasteiger partial charge >= 0.3 is 0 Å². The maximum Gasteiger partial charge on any atom is 0.00683 e. The summed E-state index contributed by atoms with van der Waals surface area (Å²) in [5.74, 6) is 0.702. The van der Waals surface area contributed by atoms with Crippen LogP contribution in [0, 0.1) is 25.2 Å². The molecule has 0 bridgehead atoms. The molecule has 1 atom stereocenters. The average molecular weight is 259 g/mol. The largest absolute Gasteiger partial charge is 0.314 e. The van der Waals surface area contributed by atoms with E-state index in [2.05, 4.69) is 58.1 Å². The van der Waals surface area contributed by atoms with Gasteiger partial charge in [0.05, 0.1) is 0 Å². The Morgan fingerprint density at radius 3 is 2.21 bits per heavy atom. The van der Waals surface area contributed by atoms with Crippen molar-refractivity contribution in [2.45, 2.75) is 59.9 Å². The second-order valence-electron chi connectivity index (χ2n) is 7.32. The summed E-state index contributed by atoms with van der Waals surface area (Å²) in [4.78, 5) is 0. The van der Waals surface area contributed by atoms with Gasteiger partial charge in [0.15, 0.2) is 0 Å². The smallest absolute Gasteiger partial charge is 0.00683 e. The number of benzene rings is 1. The topological polar surface area (TPSA) is 12.0 Å². The highest BCUT2D eigenvalue weighted by Crippen LogP contribution is 2.31. The minimum atomic E-state index is 0.358. The molecule has 1 N–H and O–H groups in total. The quantitative estimate of drug-likeness (QED) is 0.833. The number of rotatable bonds is 5. The van der Waals surface area contributed by atoms with E-state index in [1.54, 1.807) is 5.56 Å². The molecule has 0 aliphatic heterocycles. The molecule has 1 nitrogen and oxygen atoms in total. The van der Waals surface area contributed by atoms with Crippen LogP contribution >= 0.6 is 0 Å². The molecule has 1 aliphatic rings. The molecule has 0 saturated heterocycles. The molecule has 19 heavy (non-hydrogen) atoms. The van der Waals surface area contributed by atoms with E-state index in [1.807, 2.05) is 0 Å². The van der Waals surface area contributed by atoms with Gasteiger partial charge in [-0.3, -0.25) is 0 Å². The summed E-state index contributed by atoms with van der Waals surface area (Å²) >= 11 is 0. The van der Waals surface area contributed by atoms with Crippen LogP contribution in [-0.4, -0.2) is 12.6 Å². The zero-order valence-electron chi connectivity index (χ0n) is 13.2. The van der Waals surface area contributed by atoms with E-state index in [-0.39, 0.29) is 0 Å². The van der Waals surface area contributed by atoms with Crippen molar-refractivity contribution in [1.29, 1.82) is 0 Å². The van der Waals surface area contributed by atoms with E-state index in [0.29, 0.717) is 11.3 Å². The molecule has 1 fully saturated rings. The van der Waals surface area contributed by atoms with E-state index >= 15 is 0 Å². The maximum absolute atomic E-state index is 3.72. The van der Waals surface area contributed by atoms with Gasteiger partial charge in [-0.25, -0.2) is 0 Å². The average Bonchev–Trinajstić information content (AvgIpc) is 3.09. The molecule has 2 rings (SSSR count). The first-order chi connectivity index (χ1) is 8.88. The predicted molar refractivity (Wildman–Crippen MR) is 83.6 cm³/mol. The van der Waals surface area contributed by atoms with Crippen LogP contribution in [0.15, 0.2) is 18.2 Å². The highest BCUT2D eigenvalue weighted by Gasteiger charge is 2.28. The van der Waals surface area contributed by atoms with Crippen molar-refractivity contribution in [1.82, 2.24) is 5.32 Å². The van der Waals surface area contributed by atoms with Gasteiger partial charge in [0.1, 0.15) is 0 Å². The Kier molecular flexibility index (Phi) is 4.35. The molecule has 1 heteroatoms. The van der Waals surface area contributed by atoms with Gasteiger partial charge < -0.3 is 5.32 Å². The summed E-state index contributed by atoms with van der Waals surface area (Å²) in [6.45, 7) is 12.8. The van der Waals surface area contributed by atoms with Crippen LogP contribution in [0.4, 0.5) is 0 Å². The highest BCUT2D eigenvalue weighted by atomic mass is 14.9. The molecule has 1 aromatic carbocycles. The van der Waals surface area contributed by atoms with Gasteiger partial charge in [0, 0.05) is 6.04 Å². The first-order valence-electron chi connectivity index (χ1n) is 7.66. The van der Waals surface area contributed by atoms with E-state index in [1.165, 1.54) is 30.4 Å². The molecule has 0 amide bonds. The van der Waals surface area contributed by atoms with Gasteiger partial charge in [-0.15, -0.1) is 0 Å². The third-order valence-electron chi connectivity index (χ3n) is 4.55. The van der Waals surface area contributed by atoms with Gasteiger partial charge in [-0.05, 0) is 67.7 Å². The lowest BCUT2D eigenvalue weighted by Gasteiger charge is -2.32. The Labute approximate surface area is 118 Å². The summed E-state index contributed by atoms with van der Waals surface area (Å²) in [5.41, 5.74) is 4.80. The second-order valence-corrected chi connectivity index (χ2v) is 7.32. The van der Waals surface area contributed by atoms with Crippen LogP contribution in [0.5, 0.6) is 0 Å². The summed E-state index contributed by atoms with van der Waals surface area (Å²) in [6.07, 6.45) is 3.95. The molecule has 0 aromatic heterocycles. The lowest BCUT2D eigenvalue weighted by atomic mass is 9.76. The zero-order valence-corrected chi connectivity index (χ0v) is 13.2. The molecule has 106 valence electrons. The fraction of sp³-hybridized carbons (Fsp3) is 0.667. The van der Waals surface area contributed by atoms with Gasteiger partial charge in [-0.1, -0.05) is 39.0 Å².